The molecule has 2 aromatic heterocycles. The van der Waals surface area contributed by atoms with E-state index in [1.54, 1.807) is 18.2 Å². The number of fused-ring (bicyclic) bond motifs is 1. The first-order valence-corrected chi connectivity index (χ1v) is 14.1. The van der Waals surface area contributed by atoms with Crippen molar-refractivity contribution in [3.05, 3.63) is 118 Å². The minimum Gasteiger partial charge on any atom is -0.348 e. The number of nitrogens with two attached hydrogens (primary N) is 1. The van der Waals surface area contributed by atoms with E-state index in [9.17, 15) is 9.59 Å². The molecule has 5 aromatic rings. The molecule has 3 heterocycles. The van der Waals surface area contributed by atoms with Crippen LogP contribution in [0, 0.1) is 18.6 Å². The fourth-order valence-corrected chi connectivity index (χ4v) is 5.37. The molecule has 3 aromatic carbocycles. The topological polar surface area (TPSA) is 106 Å². The summed E-state index contributed by atoms with van der Waals surface area (Å²) in [6, 6.07) is 21.2. The molecule has 1 saturated heterocycles. The summed E-state index contributed by atoms with van der Waals surface area (Å²) in [5, 5.41) is 3.35. The molecule has 218 valence electrons. The Morgan fingerprint density at radius 3 is 2.40 bits per heavy atom. The van der Waals surface area contributed by atoms with E-state index in [4.69, 9.17) is 15.7 Å². The predicted molar refractivity (Wildman–Crippen MR) is 162 cm³/mol. The number of aromatic nitrogens is 3. The molecular formula is C33H30F2N6O2. The van der Waals surface area contributed by atoms with Crippen LogP contribution in [0.15, 0.2) is 83.7 Å². The normalized spacial score (nSPS) is 13.8. The van der Waals surface area contributed by atoms with Crippen LogP contribution in [0.25, 0.3) is 28.0 Å². The minimum absolute atomic E-state index is 0.0511. The van der Waals surface area contributed by atoms with Crippen molar-refractivity contribution in [3.63, 3.8) is 0 Å². The van der Waals surface area contributed by atoms with E-state index in [2.05, 4.69) is 5.32 Å². The highest BCUT2D eigenvalue weighted by atomic mass is 19.1. The molecule has 1 fully saturated rings. The quantitative estimate of drug-likeness (QED) is 0.296. The van der Waals surface area contributed by atoms with Crippen LogP contribution < -0.4 is 21.5 Å². The van der Waals surface area contributed by atoms with Crippen LogP contribution in [0.2, 0.25) is 0 Å². The van der Waals surface area contributed by atoms with Gasteiger partial charge in [-0.3, -0.25) is 14.2 Å². The second kappa shape index (κ2) is 11.7. The highest BCUT2D eigenvalue weighted by Gasteiger charge is 2.24. The smallest absolute Gasteiger partial charge is 0.256 e. The Morgan fingerprint density at radius 2 is 1.67 bits per heavy atom. The molecule has 1 amide bonds. The van der Waals surface area contributed by atoms with Gasteiger partial charge in [-0.15, -0.1) is 0 Å². The second-order valence-corrected chi connectivity index (χ2v) is 10.7. The van der Waals surface area contributed by atoms with Crippen molar-refractivity contribution in [1.82, 2.24) is 19.9 Å². The SMILES string of the molecule is Cc1ccc(C(=O)NCc2ccccc2)cc1-c1nc(N2CCC(N)CC2)nc2c1ccc(=O)n2-c1c(F)cccc1F. The van der Waals surface area contributed by atoms with Gasteiger partial charge in [0, 0.05) is 48.3 Å². The lowest BCUT2D eigenvalue weighted by Gasteiger charge is -2.30. The lowest BCUT2D eigenvalue weighted by atomic mass is 9.99. The Bertz CT molecular complexity index is 1860. The number of para-hydroxylation sites is 1. The number of benzene rings is 3. The van der Waals surface area contributed by atoms with Crippen molar-refractivity contribution >= 4 is 22.9 Å². The zero-order chi connectivity index (χ0) is 30.1. The molecule has 1 aliphatic heterocycles. The number of aryl methyl sites for hydroxylation is 1. The van der Waals surface area contributed by atoms with Gasteiger partial charge < -0.3 is 16.0 Å². The average molecular weight is 581 g/mol. The van der Waals surface area contributed by atoms with E-state index >= 15 is 8.78 Å². The fraction of sp³-hybridized carbons (Fsp3) is 0.212. The molecule has 0 radical (unpaired) electrons. The highest BCUT2D eigenvalue weighted by molar-refractivity contribution is 5.98. The number of halogens is 2. The molecule has 0 saturated carbocycles. The lowest BCUT2D eigenvalue weighted by Crippen LogP contribution is -2.40. The van der Waals surface area contributed by atoms with Gasteiger partial charge >= 0.3 is 0 Å². The molecule has 8 nitrogen and oxygen atoms in total. The van der Waals surface area contributed by atoms with Crippen LogP contribution in [0.3, 0.4) is 0 Å². The summed E-state index contributed by atoms with van der Waals surface area (Å²) in [6.07, 6.45) is 1.44. The van der Waals surface area contributed by atoms with E-state index in [-0.39, 0.29) is 17.6 Å². The van der Waals surface area contributed by atoms with E-state index in [0.29, 0.717) is 47.8 Å². The molecule has 1 aliphatic rings. The number of nitrogens with one attached hydrogen (secondary N) is 1. The lowest BCUT2D eigenvalue weighted by molar-refractivity contribution is 0.0951. The van der Waals surface area contributed by atoms with Crippen molar-refractivity contribution in [3.8, 4) is 16.9 Å². The fourth-order valence-electron chi connectivity index (χ4n) is 5.37. The number of nitrogens with zero attached hydrogens (tertiary/aromatic N) is 4. The van der Waals surface area contributed by atoms with Crippen molar-refractivity contribution in [2.75, 3.05) is 18.0 Å². The summed E-state index contributed by atoms with van der Waals surface area (Å²) >= 11 is 0. The molecule has 0 unspecified atom stereocenters. The monoisotopic (exact) mass is 580 g/mol. The number of anilines is 1. The first-order valence-electron chi connectivity index (χ1n) is 14.1. The van der Waals surface area contributed by atoms with E-state index < -0.39 is 22.9 Å². The minimum atomic E-state index is -0.895. The molecular weight excluding hydrogens is 550 g/mol. The number of hydrogen-bond donors (Lipinski definition) is 2. The Hall–Kier alpha value is -4.96. The molecule has 3 N–H and O–H groups in total. The van der Waals surface area contributed by atoms with Crippen LogP contribution >= 0.6 is 0 Å². The van der Waals surface area contributed by atoms with Crippen LogP contribution in [0.1, 0.15) is 34.3 Å². The van der Waals surface area contributed by atoms with Crippen LogP contribution in [-0.4, -0.2) is 39.6 Å². The van der Waals surface area contributed by atoms with E-state index in [1.807, 2.05) is 48.2 Å². The van der Waals surface area contributed by atoms with Crippen molar-refractivity contribution in [1.29, 1.82) is 0 Å². The number of pyridine rings is 1. The number of carbonyl (C=O) groups is 1. The van der Waals surface area contributed by atoms with Crippen molar-refractivity contribution in [2.45, 2.75) is 32.4 Å². The first-order chi connectivity index (χ1) is 20.8. The average Bonchev–Trinajstić information content (AvgIpc) is 3.01. The molecule has 0 aliphatic carbocycles. The van der Waals surface area contributed by atoms with Crippen LogP contribution in [0.4, 0.5) is 14.7 Å². The third kappa shape index (κ3) is 5.61. The summed E-state index contributed by atoms with van der Waals surface area (Å²) < 4.78 is 31.1. The molecule has 10 heteroatoms. The number of carbonyl (C=O) groups excluding carboxylic acids is 1. The van der Waals surface area contributed by atoms with Crippen LogP contribution in [-0.2, 0) is 6.54 Å². The molecule has 0 bridgehead atoms. The Kier molecular flexibility index (Phi) is 7.69. The second-order valence-electron chi connectivity index (χ2n) is 10.7. The summed E-state index contributed by atoms with van der Waals surface area (Å²) in [5.41, 5.74) is 8.32. The number of piperidine rings is 1. The third-order valence-corrected chi connectivity index (χ3v) is 7.77. The maximum atomic E-state index is 15.1. The third-order valence-electron chi connectivity index (χ3n) is 7.77. The number of amides is 1. The number of hydrogen-bond acceptors (Lipinski definition) is 6. The molecule has 0 atom stereocenters. The summed E-state index contributed by atoms with van der Waals surface area (Å²) in [7, 11) is 0. The van der Waals surface area contributed by atoms with Gasteiger partial charge in [-0.25, -0.2) is 13.8 Å². The predicted octanol–water partition coefficient (Wildman–Crippen LogP) is 4.89. The van der Waals surface area contributed by atoms with Gasteiger partial charge in [0.2, 0.25) is 5.95 Å². The van der Waals surface area contributed by atoms with Crippen LogP contribution in [0.5, 0.6) is 0 Å². The van der Waals surface area contributed by atoms with Gasteiger partial charge in [0.1, 0.15) is 17.3 Å². The Balaban J connectivity index is 1.52. The Labute approximate surface area is 246 Å². The van der Waals surface area contributed by atoms with Gasteiger partial charge in [-0.05, 0) is 61.2 Å². The van der Waals surface area contributed by atoms with Crippen molar-refractivity contribution < 1.29 is 13.6 Å². The first kappa shape index (κ1) is 28.2. The van der Waals surface area contributed by atoms with Gasteiger partial charge in [0.05, 0.1) is 5.69 Å². The summed E-state index contributed by atoms with van der Waals surface area (Å²) in [6.45, 7) is 3.42. The largest absolute Gasteiger partial charge is 0.348 e. The van der Waals surface area contributed by atoms with Gasteiger partial charge in [-0.2, -0.15) is 4.98 Å². The van der Waals surface area contributed by atoms with Crippen molar-refractivity contribution in [2.24, 2.45) is 5.73 Å². The molecule has 43 heavy (non-hydrogen) atoms. The molecule has 0 spiro atoms. The maximum absolute atomic E-state index is 15.1. The Morgan fingerprint density at radius 1 is 0.953 bits per heavy atom. The maximum Gasteiger partial charge on any atom is 0.256 e. The van der Waals surface area contributed by atoms with E-state index in [1.165, 1.54) is 12.1 Å². The number of rotatable bonds is 6. The zero-order valence-corrected chi connectivity index (χ0v) is 23.6. The highest BCUT2D eigenvalue weighted by Crippen LogP contribution is 2.33. The zero-order valence-electron chi connectivity index (χ0n) is 23.6. The van der Waals surface area contributed by atoms with Gasteiger partial charge in [0.15, 0.2) is 5.65 Å². The molecule has 6 rings (SSSR count). The summed E-state index contributed by atoms with van der Waals surface area (Å²) in [4.78, 5) is 38.0. The van der Waals surface area contributed by atoms with Gasteiger partial charge in [-0.1, -0.05) is 42.5 Å². The summed E-state index contributed by atoms with van der Waals surface area (Å²) in [5.74, 6) is -1.75. The van der Waals surface area contributed by atoms with Gasteiger partial charge in [0.25, 0.3) is 11.5 Å². The van der Waals surface area contributed by atoms with E-state index in [0.717, 1.165) is 40.7 Å². The standard InChI is InChI=1S/C33H30F2N6O2/c1-20-10-11-22(32(43)37-19-21-6-3-2-4-7-21)18-25(20)29-24-12-13-28(42)41(30-26(34)8-5-9-27(30)35)31(24)39-33(38-29)40-16-14-23(36)15-17-40/h2-13,18,23H,14-17,19,36H2,1H3,(H,37,43).